The summed E-state index contributed by atoms with van der Waals surface area (Å²) >= 11 is 0. The normalized spacial score (nSPS) is 27.2. The summed E-state index contributed by atoms with van der Waals surface area (Å²) in [6.45, 7) is 2.07. The Labute approximate surface area is 117 Å². The molecule has 7 heteroatoms. The van der Waals surface area contributed by atoms with Crippen LogP contribution in [0.15, 0.2) is 29.2 Å². The Hall–Kier alpha value is -1.44. The minimum atomic E-state index is -3.22. The zero-order chi connectivity index (χ0) is 14.9. The molecule has 1 aliphatic rings. The average molecular weight is 299 g/mol. The lowest BCUT2D eigenvalue weighted by atomic mass is 10.0. The van der Waals surface area contributed by atoms with E-state index in [-0.39, 0.29) is 11.0 Å². The average Bonchev–Trinajstić information content (AvgIpc) is 2.37. The van der Waals surface area contributed by atoms with Crippen molar-refractivity contribution in [1.82, 2.24) is 5.32 Å². The smallest absolute Gasteiger partial charge is 0.323 e. The monoisotopic (exact) mass is 299 g/mol. The summed E-state index contributed by atoms with van der Waals surface area (Å²) in [5.41, 5.74) is 0.820. The summed E-state index contributed by atoms with van der Waals surface area (Å²) in [6, 6.07) is 5.72. The van der Waals surface area contributed by atoms with Crippen molar-refractivity contribution in [2.24, 2.45) is 0 Å². The molecule has 2 N–H and O–H groups in total. The molecule has 1 aliphatic heterocycles. The number of carbonyl (C=O) groups is 1. The van der Waals surface area contributed by atoms with Gasteiger partial charge in [0.25, 0.3) is 0 Å². The lowest BCUT2D eigenvalue weighted by Gasteiger charge is -2.33. The quantitative estimate of drug-likeness (QED) is 0.848. The van der Waals surface area contributed by atoms with E-state index in [4.69, 9.17) is 9.84 Å². The highest BCUT2D eigenvalue weighted by atomic mass is 32.2. The SMILES string of the molecule is CC1OC(c2ccc(S(C)(=O)=O)cc2)CNC1C(=O)O. The van der Waals surface area contributed by atoms with Gasteiger partial charge in [0.2, 0.25) is 0 Å². The van der Waals surface area contributed by atoms with Crippen molar-refractivity contribution in [3.05, 3.63) is 29.8 Å². The van der Waals surface area contributed by atoms with E-state index in [1.54, 1.807) is 19.1 Å². The molecular formula is C13H17NO5S. The van der Waals surface area contributed by atoms with Crippen LogP contribution in [0.3, 0.4) is 0 Å². The Kier molecular flexibility index (Phi) is 4.12. The summed E-state index contributed by atoms with van der Waals surface area (Å²) in [4.78, 5) is 11.2. The number of hydrogen-bond acceptors (Lipinski definition) is 5. The molecule has 1 saturated heterocycles. The minimum absolute atomic E-state index is 0.251. The van der Waals surface area contributed by atoms with Crippen LogP contribution in [0.4, 0.5) is 0 Å². The predicted octanol–water partition coefficient (Wildman–Crippen LogP) is 0.593. The third-order valence-electron chi connectivity index (χ3n) is 3.32. The summed E-state index contributed by atoms with van der Waals surface area (Å²) in [7, 11) is -3.22. The lowest BCUT2D eigenvalue weighted by Crippen LogP contribution is -2.52. The summed E-state index contributed by atoms with van der Waals surface area (Å²) in [5.74, 6) is -0.941. The first kappa shape index (κ1) is 15.0. The Morgan fingerprint density at radius 3 is 2.40 bits per heavy atom. The van der Waals surface area contributed by atoms with Gasteiger partial charge < -0.3 is 9.84 Å². The van der Waals surface area contributed by atoms with Gasteiger partial charge in [-0.25, -0.2) is 8.42 Å². The predicted molar refractivity (Wildman–Crippen MR) is 72.3 cm³/mol. The van der Waals surface area contributed by atoms with E-state index in [0.717, 1.165) is 11.8 Å². The number of carboxylic acid groups (broad SMARTS) is 1. The van der Waals surface area contributed by atoms with Gasteiger partial charge in [0.05, 0.1) is 17.1 Å². The third kappa shape index (κ3) is 3.17. The number of sulfone groups is 1. The molecule has 0 radical (unpaired) electrons. The van der Waals surface area contributed by atoms with Gasteiger partial charge in [-0.2, -0.15) is 0 Å². The van der Waals surface area contributed by atoms with Gasteiger partial charge in [-0.3, -0.25) is 10.1 Å². The Balaban J connectivity index is 2.12. The van der Waals surface area contributed by atoms with Gasteiger partial charge in [-0.1, -0.05) is 12.1 Å². The third-order valence-corrected chi connectivity index (χ3v) is 4.45. The van der Waals surface area contributed by atoms with Gasteiger partial charge in [0, 0.05) is 12.8 Å². The number of morpholine rings is 1. The van der Waals surface area contributed by atoms with Crippen LogP contribution in [0.1, 0.15) is 18.6 Å². The van der Waals surface area contributed by atoms with Crippen LogP contribution in [0, 0.1) is 0 Å². The topological polar surface area (TPSA) is 92.7 Å². The zero-order valence-electron chi connectivity index (χ0n) is 11.2. The number of nitrogens with one attached hydrogen (secondary N) is 1. The van der Waals surface area contributed by atoms with Crippen LogP contribution in [0.25, 0.3) is 0 Å². The number of ether oxygens (including phenoxy) is 1. The maximum Gasteiger partial charge on any atom is 0.323 e. The molecule has 1 heterocycles. The van der Waals surface area contributed by atoms with Crippen molar-refractivity contribution in [2.75, 3.05) is 12.8 Å². The van der Waals surface area contributed by atoms with E-state index in [9.17, 15) is 13.2 Å². The van der Waals surface area contributed by atoms with Crippen LogP contribution in [0.5, 0.6) is 0 Å². The molecule has 0 bridgehead atoms. The molecule has 110 valence electrons. The van der Waals surface area contributed by atoms with Gasteiger partial charge in [0.15, 0.2) is 9.84 Å². The van der Waals surface area contributed by atoms with E-state index in [1.165, 1.54) is 12.1 Å². The molecule has 1 aromatic carbocycles. The zero-order valence-corrected chi connectivity index (χ0v) is 12.1. The molecule has 0 amide bonds. The maximum absolute atomic E-state index is 11.4. The van der Waals surface area contributed by atoms with Crippen LogP contribution in [0.2, 0.25) is 0 Å². The maximum atomic E-state index is 11.4. The summed E-state index contributed by atoms with van der Waals surface area (Å²) in [5, 5.41) is 11.9. The van der Waals surface area contributed by atoms with Gasteiger partial charge in [0.1, 0.15) is 6.04 Å². The number of rotatable bonds is 3. The van der Waals surface area contributed by atoms with Crippen molar-refractivity contribution in [3.8, 4) is 0 Å². The summed E-state index contributed by atoms with van der Waals surface area (Å²) in [6.07, 6.45) is 0.412. The first-order chi connectivity index (χ1) is 9.29. The Morgan fingerprint density at radius 1 is 1.35 bits per heavy atom. The van der Waals surface area contributed by atoms with E-state index in [2.05, 4.69) is 5.32 Å². The fourth-order valence-electron chi connectivity index (χ4n) is 2.20. The van der Waals surface area contributed by atoms with Gasteiger partial charge >= 0.3 is 5.97 Å². The molecule has 6 nitrogen and oxygen atoms in total. The Morgan fingerprint density at radius 2 is 1.95 bits per heavy atom. The van der Waals surface area contributed by atoms with Crippen LogP contribution < -0.4 is 5.32 Å². The highest BCUT2D eigenvalue weighted by molar-refractivity contribution is 7.90. The van der Waals surface area contributed by atoms with Crippen molar-refractivity contribution in [1.29, 1.82) is 0 Å². The second-order valence-corrected chi connectivity index (χ2v) is 6.91. The largest absolute Gasteiger partial charge is 0.480 e. The molecule has 3 unspecified atom stereocenters. The van der Waals surface area contributed by atoms with Crippen LogP contribution in [-0.2, 0) is 19.4 Å². The van der Waals surface area contributed by atoms with Crippen molar-refractivity contribution in [3.63, 3.8) is 0 Å². The van der Waals surface area contributed by atoms with E-state index in [0.29, 0.717) is 6.54 Å². The molecule has 3 atom stereocenters. The molecule has 0 aliphatic carbocycles. The number of benzene rings is 1. The molecule has 20 heavy (non-hydrogen) atoms. The molecule has 0 spiro atoms. The van der Waals surface area contributed by atoms with Gasteiger partial charge in [-0.15, -0.1) is 0 Å². The molecule has 0 aromatic heterocycles. The first-order valence-electron chi connectivity index (χ1n) is 6.20. The number of hydrogen-bond donors (Lipinski definition) is 2. The van der Waals surface area contributed by atoms with Crippen LogP contribution in [-0.4, -0.2) is 44.4 Å². The fourth-order valence-corrected chi connectivity index (χ4v) is 2.83. The lowest BCUT2D eigenvalue weighted by molar-refractivity contribution is -0.149. The van der Waals surface area contributed by atoms with Crippen molar-refractivity contribution in [2.45, 2.75) is 30.1 Å². The van der Waals surface area contributed by atoms with Crippen molar-refractivity contribution >= 4 is 15.8 Å². The first-order valence-corrected chi connectivity index (χ1v) is 8.10. The summed E-state index contributed by atoms with van der Waals surface area (Å²) < 4.78 is 28.4. The fraction of sp³-hybridized carbons (Fsp3) is 0.462. The van der Waals surface area contributed by atoms with E-state index >= 15 is 0 Å². The molecule has 0 saturated carbocycles. The standard InChI is InChI=1S/C13H17NO5S/c1-8-12(13(15)16)14-7-11(19-8)9-3-5-10(6-4-9)20(2,17)18/h3-6,8,11-12,14H,7H2,1-2H3,(H,15,16). The molecule has 2 rings (SSSR count). The number of aliphatic carboxylic acids is 1. The second-order valence-electron chi connectivity index (χ2n) is 4.90. The highest BCUT2D eigenvalue weighted by Gasteiger charge is 2.33. The molecular weight excluding hydrogens is 282 g/mol. The minimum Gasteiger partial charge on any atom is -0.480 e. The van der Waals surface area contributed by atoms with E-state index in [1.807, 2.05) is 0 Å². The van der Waals surface area contributed by atoms with Crippen LogP contribution >= 0.6 is 0 Å². The molecule has 1 aromatic rings. The van der Waals surface area contributed by atoms with Gasteiger partial charge in [-0.05, 0) is 24.6 Å². The number of carboxylic acids is 1. The molecule has 1 fully saturated rings. The van der Waals surface area contributed by atoms with Crippen molar-refractivity contribution < 1.29 is 23.1 Å². The highest BCUT2D eigenvalue weighted by Crippen LogP contribution is 2.24. The second kappa shape index (κ2) is 5.51. The Bertz CT molecular complexity index is 596. The van der Waals surface area contributed by atoms with E-state index < -0.39 is 28.0 Å².